The van der Waals surface area contributed by atoms with E-state index in [-0.39, 0.29) is 23.4 Å². The Kier molecular flexibility index (Phi) is 5.10. The normalized spacial score (nSPS) is 21.7. The minimum absolute atomic E-state index is 0.00106. The first-order valence-corrected chi connectivity index (χ1v) is 8.66. The van der Waals surface area contributed by atoms with E-state index in [1.165, 1.54) is 0 Å². The Labute approximate surface area is 140 Å². The van der Waals surface area contributed by atoms with Gasteiger partial charge in [-0.25, -0.2) is 4.98 Å². The maximum atomic E-state index is 12.4. The third-order valence-electron chi connectivity index (χ3n) is 4.02. The fourth-order valence-corrected chi connectivity index (χ4v) is 3.51. The molecular weight excluding hydrogens is 314 g/mol. The van der Waals surface area contributed by atoms with Crippen molar-refractivity contribution >= 4 is 23.2 Å². The SMILES string of the molecule is CC(C)(C)c1nc(CC(=O)N2CC[C@](C)(NCC(=O)O)C2)cs1. The molecule has 6 nitrogen and oxygen atoms in total. The number of aromatic nitrogens is 1. The van der Waals surface area contributed by atoms with Gasteiger partial charge in [-0.3, -0.25) is 14.9 Å². The molecule has 128 valence electrons. The van der Waals surface area contributed by atoms with E-state index in [2.05, 4.69) is 31.1 Å². The summed E-state index contributed by atoms with van der Waals surface area (Å²) in [5.74, 6) is -0.829. The number of hydrogen-bond donors (Lipinski definition) is 2. The zero-order valence-corrected chi connectivity index (χ0v) is 15.0. The van der Waals surface area contributed by atoms with Crippen molar-refractivity contribution in [2.24, 2.45) is 0 Å². The molecule has 1 aromatic heterocycles. The van der Waals surface area contributed by atoms with Crippen LogP contribution in [0, 0.1) is 0 Å². The molecule has 1 aliphatic rings. The van der Waals surface area contributed by atoms with Crippen LogP contribution in [-0.2, 0) is 21.4 Å². The predicted octanol–water partition coefficient (Wildman–Crippen LogP) is 1.65. The number of rotatable bonds is 5. The number of likely N-dealkylation sites (tertiary alicyclic amines) is 1. The summed E-state index contributed by atoms with van der Waals surface area (Å²) >= 11 is 1.59. The molecule has 7 heteroatoms. The van der Waals surface area contributed by atoms with Crippen molar-refractivity contribution in [1.82, 2.24) is 15.2 Å². The monoisotopic (exact) mass is 339 g/mol. The summed E-state index contributed by atoms with van der Waals surface area (Å²) in [6.45, 7) is 9.39. The maximum Gasteiger partial charge on any atom is 0.317 e. The maximum absolute atomic E-state index is 12.4. The first-order valence-electron chi connectivity index (χ1n) is 7.78. The fourth-order valence-electron chi connectivity index (χ4n) is 2.61. The second-order valence-electron chi connectivity index (χ2n) is 7.44. The summed E-state index contributed by atoms with van der Waals surface area (Å²) in [6.07, 6.45) is 1.07. The summed E-state index contributed by atoms with van der Waals surface area (Å²) < 4.78 is 0. The van der Waals surface area contributed by atoms with Crippen LogP contribution in [0.2, 0.25) is 0 Å². The Balaban J connectivity index is 1.92. The van der Waals surface area contributed by atoms with Gasteiger partial charge in [-0.05, 0) is 13.3 Å². The molecule has 2 heterocycles. The molecule has 1 amide bonds. The molecule has 0 aliphatic carbocycles. The van der Waals surface area contributed by atoms with E-state index >= 15 is 0 Å². The minimum Gasteiger partial charge on any atom is -0.480 e. The number of amides is 1. The summed E-state index contributed by atoms with van der Waals surface area (Å²) in [6, 6.07) is 0. The molecule has 1 aliphatic heterocycles. The van der Waals surface area contributed by atoms with Crippen LogP contribution in [0.1, 0.15) is 44.8 Å². The van der Waals surface area contributed by atoms with Gasteiger partial charge in [0.15, 0.2) is 0 Å². The third-order valence-corrected chi connectivity index (χ3v) is 5.33. The largest absolute Gasteiger partial charge is 0.480 e. The van der Waals surface area contributed by atoms with E-state index in [0.717, 1.165) is 17.1 Å². The van der Waals surface area contributed by atoms with Crippen molar-refractivity contribution in [2.75, 3.05) is 19.6 Å². The molecule has 2 rings (SSSR count). The van der Waals surface area contributed by atoms with Gasteiger partial charge in [-0.2, -0.15) is 0 Å². The highest BCUT2D eigenvalue weighted by Crippen LogP contribution is 2.26. The number of nitrogens with one attached hydrogen (secondary N) is 1. The number of carboxylic acid groups (broad SMARTS) is 1. The van der Waals surface area contributed by atoms with Crippen molar-refractivity contribution in [3.8, 4) is 0 Å². The Hall–Kier alpha value is -1.47. The topological polar surface area (TPSA) is 82.5 Å². The Morgan fingerprint density at radius 3 is 2.74 bits per heavy atom. The standard InChI is InChI=1S/C16H25N3O3S/c1-15(2,3)14-18-11(9-23-14)7-12(20)19-6-5-16(4,10-19)17-8-13(21)22/h9,17H,5-8,10H2,1-4H3,(H,21,22)/t16-/m0/s1. The van der Waals surface area contributed by atoms with Gasteiger partial charge in [0.25, 0.3) is 0 Å². The summed E-state index contributed by atoms with van der Waals surface area (Å²) in [4.78, 5) is 29.5. The van der Waals surface area contributed by atoms with Gasteiger partial charge in [0.05, 0.1) is 23.7 Å². The van der Waals surface area contributed by atoms with Crippen LogP contribution >= 0.6 is 11.3 Å². The Morgan fingerprint density at radius 2 is 2.17 bits per heavy atom. The molecule has 1 fully saturated rings. The summed E-state index contributed by atoms with van der Waals surface area (Å²) in [5, 5.41) is 14.8. The average Bonchev–Trinajstić information content (AvgIpc) is 3.04. The lowest BCUT2D eigenvalue weighted by Crippen LogP contribution is -2.47. The smallest absolute Gasteiger partial charge is 0.317 e. The van der Waals surface area contributed by atoms with Crippen molar-refractivity contribution in [2.45, 2.75) is 51.5 Å². The van der Waals surface area contributed by atoms with Gasteiger partial charge in [-0.1, -0.05) is 20.8 Å². The van der Waals surface area contributed by atoms with Gasteiger partial charge in [0.1, 0.15) is 0 Å². The van der Waals surface area contributed by atoms with E-state index in [9.17, 15) is 9.59 Å². The van der Waals surface area contributed by atoms with Gasteiger partial charge in [0.2, 0.25) is 5.91 Å². The number of hydrogen-bond acceptors (Lipinski definition) is 5. The molecule has 0 radical (unpaired) electrons. The van der Waals surface area contributed by atoms with Crippen molar-refractivity contribution in [1.29, 1.82) is 0 Å². The van der Waals surface area contributed by atoms with E-state index in [4.69, 9.17) is 5.11 Å². The van der Waals surface area contributed by atoms with Gasteiger partial charge >= 0.3 is 5.97 Å². The van der Waals surface area contributed by atoms with E-state index in [1.807, 2.05) is 12.3 Å². The van der Waals surface area contributed by atoms with Crippen LogP contribution in [0.25, 0.3) is 0 Å². The highest BCUT2D eigenvalue weighted by atomic mass is 32.1. The van der Waals surface area contributed by atoms with E-state index in [0.29, 0.717) is 19.5 Å². The third kappa shape index (κ3) is 4.75. The lowest BCUT2D eigenvalue weighted by atomic mass is 9.98. The summed E-state index contributed by atoms with van der Waals surface area (Å²) in [7, 11) is 0. The van der Waals surface area contributed by atoms with E-state index in [1.54, 1.807) is 16.2 Å². The van der Waals surface area contributed by atoms with Gasteiger partial charge in [-0.15, -0.1) is 11.3 Å². The molecule has 0 bridgehead atoms. The number of thiazole rings is 1. The molecule has 0 unspecified atom stereocenters. The number of aliphatic carboxylic acids is 1. The number of carbonyl (C=O) groups is 2. The van der Waals surface area contributed by atoms with Crippen LogP contribution in [0.15, 0.2) is 5.38 Å². The van der Waals surface area contributed by atoms with Crippen molar-refractivity contribution in [3.05, 3.63) is 16.1 Å². The first kappa shape index (κ1) is 17.9. The van der Waals surface area contributed by atoms with E-state index < -0.39 is 5.97 Å². The molecule has 0 aromatic carbocycles. The zero-order chi connectivity index (χ0) is 17.3. The lowest BCUT2D eigenvalue weighted by Gasteiger charge is -2.25. The second-order valence-corrected chi connectivity index (χ2v) is 8.30. The summed E-state index contributed by atoms with van der Waals surface area (Å²) in [5.41, 5.74) is 0.489. The first-order chi connectivity index (χ1) is 10.6. The van der Waals surface area contributed by atoms with Crippen LogP contribution in [-0.4, -0.2) is 52.0 Å². The Morgan fingerprint density at radius 1 is 1.48 bits per heavy atom. The Bertz CT molecular complexity index is 594. The molecule has 0 spiro atoms. The van der Waals surface area contributed by atoms with Crippen LogP contribution in [0.3, 0.4) is 0 Å². The molecule has 23 heavy (non-hydrogen) atoms. The van der Waals surface area contributed by atoms with Crippen LogP contribution in [0.5, 0.6) is 0 Å². The highest BCUT2D eigenvalue weighted by Gasteiger charge is 2.36. The van der Waals surface area contributed by atoms with Crippen LogP contribution < -0.4 is 5.32 Å². The van der Waals surface area contributed by atoms with Crippen molar-refractivity contribution in [3.63, 3.8) is 0 Å². The molecule has 1 atom stereocenters. The fraction of sp³-hybridized carbons (Fsp3) is 0.688. The van der Waals surface area contributed by atoms with Gasteiger partial charge in [0, 0.05) is 29.4 Å². The molecule has 2 N–H and O–H groups in total. The molecule has 1 saturated heterocycles. The minimum atomic E-state index is -0.881. The zero-order valence-electron chi connectivity index (χ0n) is 14.2. The van der Waals surface area contributed by atoms with Crippen molar-refractivity contribution < 1.29 is 14.7 Å². The second kappa shape index (κ2) is 6.57. The molecular formula is C16H25N3O3S. The van der Waals surface area contributed by atoms with Gasteiger partial charge < -0.3 is 10.0 Å². The quantitative estimate of drug-likeness (QED) is 0.852. The highest BCUT2D eigenvalue weighted by molar-refractivity contribution is 7.09. The number of nitrogens with zero attached hydrogens (tertiary/aromatic N) is 2. The number of carboxylic acids is 1. The number of carbonyl (C=O) groups excluding carboxylic acids is 1. The molecule has 0 saturated carbocycles. The van der Waals surface area contributed by atoms with Crippen LogP contribution in [0.4, 0.5) is 0 Å². The predicted molar refractivity (Wildman–Crippen MR) is 89.8 cm³/mol. The lowest BCUT2D eigenvalue weighted by molar-refractivity contribution is -0.136. The molecule has 1 aromatic rings. The average molecular weight is 339 g/mol.